The molecule has 0 amide bonds. The predicted octanol–water partition coefficient (Wildman–Crippen LogP) is 3.17. The van der Waals surface area contributed by atoms with Gasteiger partial charge in [0.15, 0.2) is 11.5 Å². The van der Waals surface area contributed by atoms with Crippen LogP contribution in [0.15, 0.2) is 22.7 Å². The molecule has 2 aromatic rings. The third-order valence-corrected chi connectivity index (χ3v) is 4.71. The number of piperidine rings is 1. The van der Waals surface area contributed by atoms with Gasteiger partial charge < -0.3 is 19.7 Å². The molecule has 2 heterocycles. The molecule has 0 saturated carbocycles. The minimum absolute atomic E-state index is 0.336. The zero-order valence-electron chi connectivity index (χ0n) is 14.5. The highest BCUT2D eigenvalue weighted by molar-refractivity contribution is 5.76. The molecule has 1 aliphatic heterocycles. The number of nitrogen functional groups attached to an aromatic ring is 1. The zero-order chi connectivity index (χ0) is 17.1. The Kier molecular flexibility index (Phi) is 4.94. The Morgan fingerprint density at radius 1 is 1.21 bits per heavy atom. The first-order chi connectivity index (χ1) is 11.6. The predicted molar refractivity (Wildman–Crippen MR) is 93.1 cm³/mol. The zero-order valence-corrected chi connectivity index (χ0v) is 14.5. The lowest BCUT2D eigenvalue weighted by Gasteiger charge is -2.29. The second-order valence-electron chi connectivity index (χ2n) is 6.40. The Morgan fingerprint density at radius 3 is 2.58 bits per heavy atom. The van der Waals surface area contributed by atoms with Crippen molar-refractivity contribution in [1.29, 1.82) is 0 Å². The van der Waals surface area contributed by atoms with Gasteiger partial charge in [0.25, 0.3) is 0 Å². The van der Waals surface area contributed by atoms with Crippen LogP contribution in [0, 0.1) is 5.92 Å². The number of hydrogen-bond acceptors (Lipinski definition) is 6. The molecular weight excluding hydrogens is 306 g/mol. The topological polar surface area (TPSA) is 73.8 Å². The Hall–Kier alpha value is -2.21. The summed E-state index contributed by atoms with van der Waals surface area (Å²) in [6, 6.07) is 5.72. The molecule has 1 aromatic heterocycles. The van der Waals surface area contributed by atoms with Gasteiger partial charge in [-0.1, -0.05) is 18.1 Å². The molecule has 3 rings (SSSR count). The number of anilines is 1. The monoisotopic (exact) mass is 331 g/mol. The molecule has 0 atom stereocenters. The van der Waals surface area contributed by atoms with E-state index >= 15 is 0 Å². The summed E-state index contributed by atoms with van der Waals surface area (Å²) in [6.45, 7) is 5.22. The first-order valence-electron chi connectivity index (χ1n) is 8.31. The maximum absolute atomic E-state index is 6.04. The van der Waals surface area contributed by atoms with Gasteiger partial charge in [0.1, 0.15) is 5.69 Å². The fraction of sp³-hybridized carbons (Fsp3) is 0.500. The standard InChI is InChI=1S/C18H25N3O3/c1-12-6-8-21(9-7-12)11-14-17(18(19)24-20-14)13-4-5-15(22-2)16(10-13)23-3/h4-5,10,12H,6-9,11,19H2,1-3H3. The van der Waals surface area contributed by atoms with E-state index in [-0.39, 0.29) is 0 Å². The molecule has 0 bridgehead atoms. The number of aromatic nitrogens is 1. The number of nitrogens with two attached hydrogens (primary N) is 1. The highest BCUT2D eigenvalue weighted by Crippen LogP contribution is 2.37. The number of methoxy groups -OCH3 is 2. The van der Waals surface area contributed by atoms with Crippen molar-refractivity contribution in [2.45, 2.75) is 26.3 Å². The largest absolute Gasteiger partial charge is 0.493 e. The van der Waals surface area contributed by atoms with E-state index in [1.807, 2.05) is 18.2 Å². The van der Waals surface area contributed by atoms with Crippen molar-refractivity contribution in [3.63, 3.8) is 0 Å². The Morgan fingerprint density at radius 2 is 1.92 bits per heavy atom. The van der Waals surface area contributed by atoms with Crippen LogP contribution in [0.25, 0.3) is 11.1 Å². The van der Waals surface area contributed by atoms with Crippen molar-refractivity contribution in [2.75, 3.05) is 33.0 Å². The SMILES string of the molecule is COc1ccc(-c2c(CN3CCC(C)CC3)noc2N)cc1OC. The van der Waals surface area contributed by atoms with Gasteiger partial charge in [-0.15, -0.1) is 0 Å². The Balaban J connectivity index is 1.87. The van der Waals surface area contributed by atoms with E-state index < -0.39 is 0 Å². The van der Waals surface area contributed by atoms with Gasteiger partial charge in [-0.2, -0.15) is 0 Å². The van der Waals surface area contributed by atoms with Crippen LogP contribution in [-0.4, -0.2) is 37.4 Å². The van der Waals surface area contributed by atoms with E-state index in [2.05, 4.69) is 17.0 Å². The van der Waals surface area contributed by atoms with Gasteiger partial charge in [-0.3, -0.25) is 4.90 Å². The average Bonchev–Trinajstić information content (AvgIpc) is 2.96. The van der Waals surface area contributed by atoms with Crippen LogP contribution in [0.4, 0.5) is 5.88 Å². The lowest BCUT2D eigenvalue weighted by Crippen LogP contribution is -2.32. The summed E-state index contributed by atoms with van der Waals surface area (Å²) in [7, 11) is 3.24. The van der Waals surface area contributed by atoms with E-state index in [0.717, 1.165) is 42.4 Å². The summed E-state index contributed by atoms with van der Waals surface area (Å²) in [5.41, 5.74) is 8.68. The maximum Gasteiger partial charge on any atom is 0.230 e. The van der Waals surface area contributed by atoms with Crippen molar-refractivity contribution in [3.05, 3.63) is 23.9 Å². The molecule has 2 N–H and O–H groups in total. The molecular formula is C18H25N3O3. The summed E-state index contributed by atoms with van der Waals surface area (Å²) in [5.74, 6) is 2.48. The molecule has 6 nitrogen and oxygen atoms in total. The molecule has 1 aliphatic rings. The third kappa shape index (κ3) is 3.33. The van der Waals surface area contributed by atoms with Gasteiger partial charge >= 0.3 is 0 Å². The fourth-order valence-corrected chi connectivity index (χ4v) is 3.18. The van der Waals surface area contributed by atoms with Crippen molar-refractivity contribution < 1.29 is 14.0 Å². The number of nitrogens with zero attached hydrogens (tertiary/aromatic N) is 2. The van der Waals surface area contributed by atoms with E-state index in [1.165, 1.54) is 12.8 Å². The van der Waals surface area contributed by atoms with Crippen LogP contribution in [-0.2, 0) is 6.54 Å². The smallest absolute Gasteiger partial charge is 0.230 e. The summed E-state index contributed by atoms with van der Waals surface area (Å²) < 4.78 is 16.0. The molecule has 1 aromatic carbocycles. The number of hydrogen-bond donors (Lipinski definition) is 1. The molecule has 6 heteroatoms. The lowest BCUT2D eigenvalue weighted by atomic mass is 9.98. The van der Waals surface area contributed by atoms with Crippen LogP contribution in [0.1, 0.15) is 25.5 Å². The Bertz CT molecular complexity index is 691. The van der Waals surface area contributed by atoms with Gasteiger partial charge in [0.2, 0.25) is 5.88 Å². The third-order valence-electron chi connectivity index (χ3n) is 4.71. The van der Waals surface area contributed by atoms with Crippen molar-refractivity contribution in [3.8, 4) is 22.6 Å². The van der Waals surface area contributed by atoms with Crippen LogP contribution in [0.2, 0.25) is 0 Å². The summed E-state index contributed by atoms with van der Waals surface area (Å²) >= 11 is 0. The van der Waals surface area contributed by atoms with Crippen molar-refractivity contribution >= 4 is 5.88 Å². The number of likely N-dealkylation sites (tertiary alicyclic amines) is 1. The molecule has 1 fully saturated rings. The van der Waals surface area contributed by atoms with Crippen molar-refractivity contribution in [1.82, 2.24) is 10.1 Å². The van der Waals surface area contributed by atoms with E-state index in [1.54, 1.807) is 14.2 Å². The molecule has 0 radical (unpaired) electrons. The molecule has 0 spiro atoms. The number of benzene rings is 1. The van der Waals surface area contributed by atoms with Gasteiger partial charge in [0, 0.05) is 6.54 Å². The first-order valence-corrected chi connectivity index (χ1v) is 8.31. The quantitative estimate of drug-likeness (QED) is 0.907. The summed E-state index contributed by atoms with van der Waals surface area (Å²) in [5, 5.41) is 4.19. The average molecular weight is 331 g/mol. The van der Waals surface area contributed by atoms with E-state index in [0.29, 0.717) is 17.4 Å². The molecule has 130 valence electrons. The van der Waals surface area contributed by atoms with Gasteiger partial charge in [-0.05, 0) is 49.5 Å². The molecule has 1 saturated heterocycles. The van der Waals surface area contributed by atoms with Crippen molar-refractivity contribution in [2.24, 2.45) is 5.92 Å². The molecule has 0 unspecified atom stereocenters. The minimum Gasteiger partial charge on any atom is -0.493 e. The van der Waals surface area contributed by atoms with Gasteiger partial charge in [-0.25, -0.2) is 0 Å². The van der Waals surface area contributed by atoms with Crippen LogP contribution >= 0.6 is 0 Å². The van der Waals surface area contributed by atoms with Crippen LogP contribution in [0.5, 0.6) is 11.5 Å². The summed E-state index contributed by atoms with van der Waals surface area (Å²) in [6.07, 6.45) is 2.44. The fourth-order valence-electron chi connectivity index (χ4n) is 3.18. The van der Waals surface area contributed by atoms with E-state index in [9.17, 15) is 0 Å². The Labute approximate surface area is 142 Å². The van der Waals surface area contributed by atoms with Crippen LogP contribution in [0.3, 0.4) is 0 Å². The second kappa shape index (κ2) is 7.13. The highest BCUT2D eigenvalue weighted by atomic mass is 16.5. The summed E-state index contributed by atoms with van der Waals surface area (Å²) in [4.78, 5) is 2.40. The second-order valence-corrected chi connectivity index (χ2v) is 6.40. The lowest BCUT2D eigenvalue weighted by molar-refractivity contribution is 0.181. The first kappa shape index (κ1) is 16.6. The number of rotatable bonds is 5. The normalized spacial score (nSPS) is 16.3. The van der Waals surface area contributed by atoms with Gasteiger partial charge in [0.05, 0.1) is 19.8 Å². The molecule has 0 aliphatic carbocycles. The highest BCUT2D eigenvalue weighted by Gasteiger charge is 2.22. The number of ether oxygens (including phenoxy) is 2. The molecule has 24 heavy (non-hydrogen) atoms. The van der Waals surface area contributed by atoms with Crippen LogP contribution < -0.4 is 15.2 Å². The maximum atomic E-state index is 6.04. The minimum atomic E-state index is 0.336. The van der Waals surface area contributed by atoms with E-state index in [4.69, 9.17) is 19.7 Å².